The van der Waals surface area contributed by atoms with Gasteiger partial charge in [-0.2, -0.15) is 0 Å². The van der Waals surface area contributed by atoms with Crippen molar-refractivity contribution in [2.24, 2.45) is 11.8 Å². The number of esters is 1. The van der Waals surface area contributed by atoms with Crippen LogP contribution in [0.4, 0.5) is 0 Å². The van der Waals surface area contributed by atoms with E-state index in [0.29, 0.717) is 31.4 Å². The molecule has 1 rings (SSSR count). The summed E-state index contributed by atoms with van der Waals surface area (Å²) in [5, 5.41) is 6.15. The first-order chi connectivity index (χ1) is 9.13. The van der Waals surface area contributed by atoms with Crippen LogP contribution in [-0.4, -0.2) is 38.1 Å². The Morgan fingerprint density at radius 3 is 2.89 bits per heavy atom. The van der Waals surface area contributed by atoms with Crippen molar-refractivity contribution in [2.45, 2.75) is 39.5 Å². The first kappa shape index (κ1) is 16.0. The van der Waals surface area contributed by atoms with Crippen LogP contribution in [0, 0.1) is 11.8 Å². The molecule has 110 valence electrons. The number of amides is 1. The van der Waals surface area contributed by atoms with E-state index in [1.165, 1.54) is 12.8 Å². The van der Waals surface area contributed by atoms with Crippen molar-refractivity contribution in [3.63, 3.8) is 0 Å². The lowest BCUT2D eigenvalue weighted by Crippen LogP contribution is -2.36. The number of piperidine rings is 1. The molecule has 5 nitrogen and oxygen atoms in total. The number of ether oxygens (including phenoxy) is 1. The number of carbonyl (C=O) groups excluding carboxylic acids is 2. The molecule has 0 saturated carbocycles. The van der Waals surface area contributed by atoms with E-state index in [0.717, 1.165) is 13.1 Å². The highest BCUT2D eigenvalue weighted by molar-refractivity contribution is 5.77. The van der Waals surface area contributed by atoms with E-state index in [9.17, 15) is 9.59 Å². The summed E-state index contributed by atoms with van der Waals surface area (Å²) >= 11 is 0. The molecule has 1 aliphatic rings. The van der Waals surface area contributed by atoms with Crippen LogP contribution in [0.5, 0.6) is 0 Å². The van der Waals surface area contributed by atoms with Gasteiger partial charge in [0.2, 0.25) is 5.91 Å². The molecule has 2 atom stereocenters. The summed E-state index contributed by atoms with van der Waals surface area (Å²) < 4.78 is 4.80. The molecule has 0 radical (unpaired) electrons. The largest absolute Gasteiger partial charge is 0.466 e. The van der Waals surface area contributed by atoms with E-state index in [1.54, 1.807) is 6.92 Å². The molecule has 1 amide bonds. The number of hydrogen-bond acceptors (Lipinski definition) is 4. The van der Waals surface area contributed by atoms with E-state index >= 15 is 0 Å². The fourth-order valence-corrected chi connectivity index (χ4v) is 2.43. The summed E-state index contributed by atoms with van der Waals surface area (Å²) in [6.45, 7) is 6.76. The summed E-state index contributed by atoms with van der Waals surface area (Å²) in [6, 6.07) is 0. The maximum Gasteiger partial charge on any atom is 0.307 e. The number of hydrogen-bond donors (Lipinski definition) is 2. The Balaban J connectivity index is 2.14. The zero-order chi connectivity index (χ0) is 14.1. The average Bonchev–Trinajstić information content (AvgIpc) is 2.40. The van der Waals surface area contributed by atoms with Crippen LogP contribution in [-0.2, 0) is 14.3 Å². The fraction of sp³-hybridized carbons (Fsp3) is 0.857. The third-order valence-corrected chi connectivity index (χ3v) is 3.60. The molecule has 0 aromatic heterocycles. The molecule has 2 N–H and O–H groups in total. The van der Waals surface area contributed by atoms with Crippen LogP contribution in [0.25, 0.3) is 0 Å². The summed E-state index contributed by atoms with van der Waals surface area (Å²) in [4.78, 5) is 22.9. The number of carbonyl (C=O) groups is 2. The molecular formula is C14H26N2O3. The Morgan fingerprint density at radius 2 is 2.26 bits per heavy atom. The standard InChI is InChI=1S/C14H26N2O3/c1-3-19-14(18)6-8-16-13(17)9-11(2)12-5-4-7-15-10-12/h11-12,15H,3-10H2,1-2H3,(H,16,17). The molecule has 0 aliphatic carbocycles. The van der Waals surface area contributed by atoms with E-state index < -0.39 is 0 Å². The van der Waals surface area contributed by atoms with Crippen LogP contribution in [0.15, 0.2) is 0 Å². The molecule has 0 spiro atoms. The van der Waals surface area contributed by atoms with Gasteiger partial charge < -0.3 is 15.4 Å². The fourth-order valence-electron chi connectivity index (χ4n) is 2.43. The van der Waals surface area contributed by atoms with E-state index in [1.807, 2.05) is 0 Å². The smallest absolute Gasteiger partial charge is 0.307 e. The molecular weight excluding hydrogens is 244 g/mol. The predicted molar refractivity (Wildman–Crippen MR) is 73.6 cm³/mol. The van der Waals surface area contributed by atoms with Gasteiger partial charge in [0.25, 0.3) is 0 Å². The quantitative estimate of drug-likeness (QED) is 0.679. The zero-order valence-corrected chi connectivity index (χ0v) is 12.0. The predicted octanol–water partition coefficient (Wildman–Crippen LogP) is 1.08. The van der Waals surface area contributed by atoms with E-state index in [2.05, 4.69) is 17.6 Å². The number of nitrogens with one attached hydrogen (secondary N) is 2. The summed E-state index contributed by atoms with van der Waals surface area (Å²) in [7, 11) is 0. The minimum Gasteiger partial charge on any atom is -0.466 e. The molecule has 1 aliphatic heterocycles. The van der Waals surface area contributed by atoms with Crippen molar-refractivity contribution >= 4 is 11.9 Å². The van der Waals surface area contributed by atoms with Gasteiger partial charge in [-0.05, 0) is 44.7 Å². The Bertz CT molecular complexity index is 288. The SMILES string of the molecule is CCOC(=O)CCNC(=O)CC(C)C1CCCNC1. The Morgan fingerprint density at radius 1 is 1.47 bits per heavy atom. The van der Waals surface area contributed by atoms with Crippen LogP contribution in [0.3, 0.4) is 0 Å². The highest BCUT2D eigenvalue weighted by Gasteiger charge is 2.21. The second-order valence-corrected chi connectivity index (χ2v) is 5.19. The van der Waals surface area contributed by atoms with Crippen LogP contribution >= 0.6 is 0 Å². The maximum absolute atomic E-state index is 11.8. The third kappa shape index (κ3) is 6.57. The highest BCUT2D eigenvalue weighted by Crippen LogP contribution is 2.22. The minimum atomic E-state index is -0.257. The lowest BCUT2D eigenvalue weighted by atomic mass is 9.85. The van der Waals surface area contributed by atoms with Gasteiger partial charge in [-0.1, -0.05) is 6.92 Å². The van der Waals surface area contributed by atoms with Gasteiger partial charge in [-0.3, -0.25) is 9.59 Å². The summed E-state index contributed by atoms with van der Waals surface area (Å²) in [5.41, 5.74) is 0. The molecule has 2 unspecified atom stereocenters. The average molecular weight is 270 g/mol. The van der Waals surface area contributed by atoms with Gasteiger partial charge in [-0.15, -0.1) is 0 Å². The van der Waals surface area contributed by atoms with Gasteiger partial charge in [0.1, 0.15) is 0 Å². The summed E-state index contributed by atoms with van der Waals surface area (Å²) in [6.07, 6.45) is 3.18. The zero-order valence-electron chi connectivity index (χ0n) is 12.0. The van der Waals surface area contributed by atoms with Crippen LogP contribution < -0.4 is 10.6 Å². The lowest BCUT2D eigenvalue weighted by Gasteiger charge is -2.28. The van der Waals surface area contributed by atoms with Gasteiger partial charge in [0.15, 0.2) is 0 Å². The van der Waals surface area contributed by atoms with Crippen molar-refractivity contribution in [3.05, 3.63) is 0 Å². The third-order valence-electron chi connectivity index (χ3n) is 3.60. The maximum atomic E-state index is 11.8. The van der Waals surface area contributed by atoms with Crippen molar-refractivity contribution in [3.8, 4) is 0 Å². The van der Waals surface area contributed by atoms with E-state index in [4.69, 9.17) is 4.74 Å². The second kappa shape index (κ2) is 8.91. The molecule has 19 heavy (non-hydrogen) atoms. The normalized spacial score (nSPS) is 20.6. The Kier molecular flexibility index (Phi) is 7.48. The van der Waals surface area contributed by atoms with Gasteiger partial charge in [0.05, 0.1) is 13.0 Å². The van der Waals surface area contributed by atoms with Gasteiger partial charge in [-0.25, -0.2) is 0 Å². The molecule has 5 heteroatoms. The van der Waals surface area contributed by atoms with Gasteiger partial charge in [0, 0.05) is 13.0 Å². The molecule has 0 bridgehead atoms. The first-order valence-corrected chi connectivity index (χ1v) is 7.26. The van der Waals surface area contributed by atoms with Crippen molar-refractivity contribution in [1.82, 2.24) is 10.6 Å². The van der Waals surface area contributed by atoms with Crippen molar-refractivity contribution < 1.29 is 14.3 Å². The van der Waals surface area contributed by atoms with Crippen LogP contribution in [0.2, 0.25) is 0 Å². The first-order valence-electron chi connectivity index (χ1n) is 7.26. The van der Waals surface area contributed by atoms with Crippen molar-refractivity contribution in [2.75, 3.05) is 26.2 Å². The molecule has 1 heterocycles. The molecule has 1 saturated heterocycles. The lowest BCUT2D eigenvalue weighted by molar-refractivity contribution is -0.143. The number of rotatable bonds is 7. The summed E-state index contributed by atoms with van der Waals surface area (Å²) in [5.74, 6) is 0.745. The monoisotopic (exact) mass is 270 g/mol. The molecule has 0 aromatic carbocycles. The molecule has 1 fully saturated rings. The highest BCUT2D eigenvalue weighted by atomic mass is 16.5. The Hall–Kier alpha value is -1.10. The van der Waals surface area contributed by atoms with Crippen molar-refractivity contribution in [1.29, 1.82) is 0 Å². The minimum absolute atomic E-state index is 0.0300. The van der Waals surface area contributed by atoms with Gasteiger partial charge >= 0.3 is 5.97 Å². The Labute approximate surface area is 115 Å². The van der Waals surface area contributed by atoms with E-state index in [-0.39, 0.29) is 18.3 Å². The molecule has 0 aromatic rings. The second-order valence-electron chi connectivity index (χ2n) is 5.19. The van der Waals surface area contributed by atoms with Crippen LogP contribution in [0.1, 0.15) is 39.5 Å². The topological polar surface area (TPSA) is 67.4 Å².